The van der Waals surface area contributed by atoms with Crippen LogP contribution in [0.25, 0.3) is 0 Å². The van der Waals surface area contributed by atoms with Gasteiger partial charge in [-0.3, -0.25) is 4.90 Å². The van der Waals surface area contributed by atoms with Crippen molar-refractivity contribution in [1.29, 1.82) is 0 Å². The second kappa shape index (κ2) is 7.58. The minimum absolute atomic E-state index is 0.530. The van der Waals surface area contributed by atoms with Crippen LogP contribution < -0.4 is 5.32 Å². The first-order chi connectivity index (χ1) is 9.24. The van der Waals surface area contributed by atoms with E-state index in [1.54, 1.807) is 0 Å². The van der Waals surface area contributed by atoms with E-state index >= 15 is 0 Å². The zero-order chi connectivity index (χ0) is 13.7. The van der Waals surface area contributed by atoms with Crippen molar-refractivity contribution in [3.8, 4) is 0 Å². The molecule has 0 aromatic heterocycles. The molecule has 4 nitrogen and oxygen atoms in total. The largest absolute Gasteiger partial charge is 0.383 e. The minimum atomic E-state index is 0.530. The molecule has 2 aliphatic rings. The summed E-state index contributed by atoms with van der Waals surface area (Å²) < 4.78 is 5.48. The van der Waals surface area contributed by atoms with E-state index in [0.29, 0.717) is 12.1 Å². The van der Waals surface area contributed by atoms with Gasteiger partial charge in [0.15, 0.2) is 0 Å². The van der Waals surface area contributed by atoms with Gasteiger partial charge in [0, 0.05) is 44.9 Å². The van der Waals surface area contributed by atoms with Crippen molar-refractivity contribution in [3.63, 3.8) is 0 Å². The van der Waals surface area contributed by atoms with Crippen molar-refractivity contribution in [3.05, 3.63) is 0 Å². The van der Waals surface area contributed by atoms with E-state index in [1.165, 1.54) is 45.3 Å². The molecule has 2 rings (SSSR count). The topological polar surface area (TPSA) is 27.7 Å². The second-order valence-electron chi connectivity index (χ2n) is 6.21. The van der Waals surface area contributed by atoms with Gasteiger partial charge in [-0.05, 0) is 39.3 Å². The molecule has 1 saturated carbocycles. The van der Waals surface area contributed by atoms with Crippen LogP contribution in [0.4, 0.5) is 0 Å². The third-order valence-corrected chi connectivity index (χ3v) is 4.47. The number of likely N-dealkylation sites (N-methyl/N-ethyl adjacent to an activating group) is 1. The van der Waals surface area contributed by atoms with Crippen molar-refractivity contribution in [2.75, 3.05) is 46.9 Å². The number of nitrogens with zero attached hydrogens (tertiary/aromatic N) is 2. The average Bonchev–Trinajstić information content (AvgIpc) is 3.22. The van der Waals surface area contributed by atoms with Crippen LogP contribution in [0, 0.1) is 0 Å². The molecule has 0 aromatic carbocycles. The third kappa shape index (κ3) is 4.71. The van der Waals surface area contributed by atoms with Crippen molar-refractivity contribution >= 4 is 0 Å². The van der Waals surface area contributed by atoms with E-state index < -0.39 is 0 Å². The molecule has 19 heavy (non-hydrogen) atoms. The number of methoxy groups -OCH3 is 1. The highest BCUT2D eigenvalue weighted by atomic mass is 16.5. The quantitative estimate of drug-likeness (QED) is 0.751. The second-order valence-corrected chi connectivity index (χ2v) is 6.21. The van der Waals surface area contributed by atoms with Crippen LogP contribution in [0.1, 0.15) is 32.6 Å². The van der Waals surface area contributed by atoms with E-state index in [-0.39, 0.29) is 0 Å². The van der Waals surface area contributed by atoms with Crippen molar-refractivity contribution < 1.29 is 4.74 Å². The molecule has 0 aromatic rings. The summed E-state index contributed by atoms with van der Waals surface area (Å²) in [5.41, 5.74) is 0. The first kappa shape index (κ1) is 15.2. The maximum atomic E-state index is 5.48. The van der Waals surface area contributed by atoms with Crippen molar-refractivity contribution in [2.24, 2.45) is 0 Å². The molecule has 4 heteroatoms. The molecule has 2 unspecified atom stereocenters. The highest BCUT2D eigenvalue weighted by Gasteiger charge is 2.30. The standard InChI is InChI=1S/C15H31N3O/c1-4-14-11-17(2)8-5-9-18(14)15(12-19-3)10-16-13-6-7-13/h13-16H,4-12H2,1-3H3. The molecule has 1 heterocycles. The van der Waals surface area contributed by atoms with Crippen LogP contribution in [-0.4, -0.2) is 74.9 Å². The van der Waals surface area contributed by atoms with E-state index in [1.807, 2.05) is 7.11 Å². The number of rotatable bonds is 7. The maximum Gasteiger partial charge on any atom is 0.0630 e. The van der Waals surface area contributed by atoms with Crippen LogP contribution >= 0.6 is 0 Å². The summed E-state index contributed by atoms with van der Waals surface area (Å²) in [7, 11) is 4.08. The fourth-order valence-corrected chi connectivity index (χ4v) is 3.16. The van der Waals surface area contributed by atoms with Gasteiger partial charge >= 0.3 is 0 Å². The predicted molar refractivity (Wildman–Crippen MR) is 79.6 cm³/mol. The van der Waals surface area contributed by atoms with E-state index in [4.69, 9.17) is 4.74 Å². The number of hydrogen-bond acceptors (Lipinski definition) is 4. The van der Waals surface area contributed by atoms with Gasteiger partial charge in [-0.25, -0.2) is 0 Å². The smallest absolute Gasteiger partial charge is 0.0630 e. The molecular formula is C15H31N3O. The predicted octanol–water partition coefficient (Wildman–Crippen LogP) is 1.17. The normalized spacial score (nSPS) is 28.3. The third-order valence-electron chi connectivity index (χ3n) is 4.47. The lowest BCUT2D eigenvalue weighted by atomic mass is 10.1. The Kier molecular flexibility index (Phi) is 6.07. The monoisotopic (exact) mass is 269 g/mol. The maximum absolute atomic E-state index is 5.48. The van der Waals surface area contributed by atoms with Gasteiger partial charge in [0.25, 0.3) is 0 Å². The Hall–Kier alpha value is -0.160. The van der Waals surface area contributed by atoms with Gasteiger partial charge in [-0.1, -0.05) is 6.92 Å². The Balaban J connectivity index is 1.94. The van der Waals surface area contributed by atoms with E-state index in [0.717, 1.165) is 19.2 Å². The van der Waals surface area contributed by atoms with Crippen molar-refractivity contribution in [1.82, 2.24) is 15.1 Å². The van der Waals surface area contributed by atoms with Crippen LogP contribution in [-0.2, 0) is 4.74 Å². The summed E-state index contributed by atoms with van der Waals surface area (Å²) in [6, 6.07) is 1.99. The van der Waals surface area contributed by atoms with E-state index in [2.05, 4.69) is 29.1 Å². The van der Waals surface area contributed by atoms with Gasteiger partial charge in [-0.2, -0.15) is 0 Å². The van der Waals surface area contributed by atoms with Gasteiger partial charge in [-0.15, -0.1) is 0 Å². The van der Waals surface area contributed by atoms with E-state index in [9.17, 15) is 0 Å². The highest BCUT2D eigenvalue weighted by Crippen LogP contribution is 2.20. The summed E-state index contributed by atoms with van der Waals surface area (Å²) in [4.78, 5) is 5.18. The Morgan fingerprint density at radius 3 is 2.74 bits per heavy atom. The summed E-state index contributed by atoms with van der Waals surface area (Å²) in [5, 5.41) is 3.68. The molecule has 0 amide bonds. The average molecular weight is 269 g/mol. The lowest BCUT2D eigenvalue weighted by Crippen LogP contribution is -2.52. The molecule has 112 valence electrons. The molecular weight excluding hydrogens is 238 g/mol. The van der Waals surface area contributed by atoms with Gasteiger partial charge in [0.1, 0.15) is 0 Å². The van der Waals surface area contributed by atoms with Crippen LogP contribution in [0.5, 0.6) is 0 Å². The molecule has 0 bridgehead atoms. The summed E-state index contributed by atoms with van der Waals surface area (Å²) in [5.74, 6) is 0. The molecule has 1 N–H and O–H groups in total. The summed E-state index contributed by atoms with van der Waals surface area (Å²) in [6.45, 7) is 7.87. The van der Waals surface area contributed by atoms with Crippen molar-refractivity contribution in [2.45, 2.75) is 50.7 Å². The SMILES string of the molecule is CCC1CN(C)CCCN1C(CNC1CC1)COC. The zero-order valence-electron chi connectivity index (χ0n) is 12.9. The fourth-order valence-electron chi connectivity index (χ4n) is 3.16. The Morgan fingerprint density at radius 2 is 2.11 bits per heavy atom. The van der Waals surface area contributed by atoms with Crippen LogP contribution in [0.2, 0.25) is 0 Å². The lowest BCUT2D eigenvalue weighted by Gasteiger charge is -2.37. The molecule has 1 saturated heterocycles. The highest BCUT2D eigenvalue weighted by molar-refractivity contribution is 4.88. The summed E-state index contributed by atoms with van der Waals surface area (Å²) in [6.07, 6.45) is 5.23. The molecule has 2 atom stereocenters. The molecule has 1 aliphatic heterocycles. The first-order valence-corrected chi connectivity index (χ1v) is 7.91. The van der Waals surface area contributed by atoms with Crippen LogP contribution in [0.3, 0.4) is 0 Å². The Bertz CT molecular complexity index is 258. The van der Waals surface area contributed by atoms with Gasteiger partial charge < -0.3 is 15.0 Å². The minimum Gasteiger partial charge on any atom is -0.383 e. The number of hydrogen-bond donors (Lipinski definition) is 1. The summed E-state index contributed by atoms with van der Waals surface area (Å²) >= 11 is 0. The molecule has 0 radical (unpaired) electrons. The first-order valence-electron chi connectivity index (χ1n) is 7.91. The number of ether oxygens (including phenoxy) is 1. The molecule has 0 spiro atoms. The zero-order valence-corrected chi connectivity index (χ0v) is 12.9. The van der Waals surface area contributed by atoms with Crippen LogP contribution in [0.15, 0.2) is 0 Å². The van der Waals surface area contributed by atoms with Gasteiger partial charge in [0.05, 0.1) is 6.61 Å². The molecule has 2 fully saturated rings. The lowest BCUT2D eigenvalue weighted by molar-refractivity contribution is 0.0590. The fraction of sp³-hybridized carbons (Fsp3) is 1.00. The number of nitrogens with one attached hydrogen (secondary N) is 1. The Labute approximate surface area is 118 Å². The Morgan fingerprint density at radius 1 is 1.32 bits per heavy atom. The molecule has 1 aliphatic carbocycles. The van der Waals surface area contributed by atoms with Gasteiger partial charge in [0.2, 0.25) is 0 Å².